The molecule has 1 amide bonds. The van der Waals surface area contributed by atoms with Crippen molar-refractivity contribution in [2.24, 2.45) is 5.73 Å². The second kappa shape index (κ2) is 7.80. The van der Waals surface area contributed by atoms with Crippen molar-refractivity contribution in [1.29, 1.82) is 0 Å². The van der Waals surface area contributed by atoms with Gasteiger partial charge in [-0.05, 0) is 33.1 Å². The van der Waals surface area contributed by atoms with Crippen molar-refractivity contribution in [2.45, 2.75) is 71.0 Å². The summed E-state index contributed by atoms with van der Waals surface area (Å²) in [6, 6.07) is 0.489. The fourth-order valence-corrected chi connectivity index (χ4v) is 2.76. The van der Waals surface area contributed by atoms with E-state index < -0.39 is 0 Å². The predicted molar refractivity (Wildman–Crippen MR) is 83.1 cm³/mol. The minimum atomic E-state index is -0.168. The van der Waals surface area contributed by atoms with E-state index in [1.807, 2.05) is 13.8 Å². The summed E-state index contributed by atoms with van der Waals surface area (Å²) < 4.78 is 0. The number of nitrogens with two attached hydrogens (primary N) is 1. The van der Waals surface area contributed by atoms with E-state index in [1.54, 1.807) is 0 Å². The lowest BCUT2D eigenvalue weighted by molar-refractivity contribution is -0.127. The Hall–Kier alpha value is -0.680. The zero-order valence-electron chi connectivity index (χ0n) is 12.3. The second-order valence-corrected chi connectivity index (χ2v) is 6.10. The SMILES string of the molecule is CCC(C)NC(=O)C(C)N(CC(N)=S)C1CCCC1. The molecule has 0 radical (unpaired) electrons. The highest BCUT2D eigenvalue weighted by atomic mass is 32.1. The summed E-state index contributed by atoms with van der Waals surface area (Å²) >= 11 is 5.03. The van der Waals surface area contributed by atoms with Gasteiger partial charge in [0, 0.05) is 18.6 Å². The molecule has 0 spiro atoms. The molecule has 0 aromatic heterocycles. The summed E-state index contributed by atoms with van der Waals surface area (Å²) in [7, 11) is 0. The maximum absolute atomic E-state index is 12.3. The van der Waals surface area contributed by atoms with Crippen LogP contribution in [0.3, 0.4) is 0 Å². The van der Waals surface area contributed by atoms with E-state index in [2.05, 4.69) is 17.1 Å². The smallest absolute Gasteiger partial charge is 0.237 e. The summed E-state index contributed by atoms with van der Waals surface area (Å²) in [5.41, 5.74) is 5.68. The van der Waals surface area contributed by atoms with Gasteiger partial charge in [-0.1, -0.05) is 32.0 Å². The lowest BCUT2D eigenvalue weighted by Gasteiger charge is -2.33. The van der Waals surface area contributed by atoms with E-state index >= 15 is 0 Å². The molecule has 2 atom stereocenters. The lowest BCUT2D eigenvalue weighted by Crippen LogP contribution is -2.52. The van der Waals surface area contributed by atoms with Crippen molar-refractivity contribution in [3.8, 4) is 0 Å². The number of amides is 1. The van der Waals surface area contributed by atoms with Gasteiger partial charge in [-0.2, -0.15) is 0 Å². The molecular weight excluding hydrogens is 258 g/mol. The number of thiocarbonyl (C=S) groups is 1. The average molecular weight is 285 g/mol. The molecule has 0 aliphatic heterocycles. The van der Waals surface area contributed by atoms with E-state index in [4.69, 9.17) is 18.0 Å². The van der Waals surface area contributed by atoms with Gasteiger partial charge in [0.05, 0.1) is 11.0 Å². The molecule has 2 unspecified atom stereocenters. The first kappa shape index (κ1) is 16.4. The number of rotatable bonds is 7. The van der Waals surface area contributed by atoms with Crippen LogP contribution < -0.4 is 11.1 Å². The van der Waals surface area contributed by atoms with Crippen LogP contribution in [0.4, 0.5) is 0 Å². The average Bonchev–Trinajstić information content (AvgIpc) is 2.88. The molecule has 110 valence electrons. The minimum Gasteiger partial charge on any atom is -0.392 e. The Morgan fingerprint density at radius 3 is 2.47 bits per heavy atom. The number of carbonyl (C=O) groups excluding carboxylic acids is 1. The molecule has 0 bridgehead atoms. The van der Waals surface area contributed by atoms with Crippen LogP contribution in [0, 0.1) is 0 Å². The summed E-state index contributed by atoms with van der Waals surface area (Å²) in [5, 5.41) is 3.04. The van der Waals surface area contributed by atoms with Crippen LogP contribution in [0.15, 0.2) is 0 Å². The molecule has 1 aliphatic carbocycles. The van der Waals surface area contributed by atoms with Crippen LogP contribution in [0.25, 0.3) is 0 Å². The number of nitrogens with zero attached hydrogens (tertiary/aromatic N) is 1. The highest BCUT2D eigenvalue weighted by molar-refractivity contribution is 7.80. The van der Waals surface area contributed by atoms with E-state index in [1.165, 1.54) is 12.8 Å². The van der Waals surface area contributed by atoms with Gasteiger partial charge in [0.2, 0.25) is 5.91 Å². The maximum Gasteiger partial charge on any atom is 0.237 e. The largest absolute Gasteiger partial charge is 0.392 e. The zero-order chi connectivity index (χ0) is 14.4. The quantitative estimate of drug-likeness (QED) is 0.701. The van der Waals surface area contributed by atoms with Crippen LogP contribution >= 0.6 is 12.2 Å². The molecule has 1 saturated carbocycles. The van der Waals surface area contributed by atoms with Gasteiger partial charge in [0.1, 0.15) is 0 Å². The maximum atomic E-state index is 12.3. The molecule has 4 nitrogen and oxygen atoms in total. The number of hydrogen-bond donors (Lipinski definition) is 2. The van der Waals surface area contributed by atoms with Crippen molar-refractivity contribution < 1.29 is 4.79 Å². The van der Waals surface area contributed by atoms with Crippen molar-refractivity contribution in [3.05, 3.63) is 0 Å². The zero-order valence-corrected chi connectivity index (χ0v) is 13.1. The lowest BCUT2D eigenvalue weighted by atomic mass is 10.1. The van der Waals surface area contributed by atoms with Crippen molar-refractivity contribution in [1.82, 2.24) is 10.2 Å². The Labute approximate surface area is 122 Å². The Morgan fingerprint density at radius 1 is 1.42 bits per heavy atom. The molecule has 1 fully saturated rings. The first-order valence-corrected chi connectivity index (χ1v) is 7.71. The molecule has 5 heteroatoms. The monoisotopic (exact) mass is 285 g/mol. The molecule has 3 N–H and O–H groups in total. The van der Waals surface area contributed by atoms with Crippen molar-refractivity contribution in [3.63, 3.8) is 0 Å². The highest BCUT2D eigenvalue weighted by Crippen LogP contribution is 2.25. The van der Waals surface area contributed by atoms with Crippen LogP contribution in [-0.2, 0) is 4.79 Å². The third kappa shape index (κ3) is 5.07. The fourth-order valence-electron chi connectivity index (χ4n) is 2.61. The third-order valence-corrected chi connectivity index (χ3v) is 4.14. The normalized spacial score (nSPS) is 19.4. The van der Waals surface area contributed by atoms with E-state index in [-0.39, 0.29) is 18.0 Å². The standard InChI is InChI=1S/C14H27N3OS/c1-4-10(2)16-14(18)11(3)17(9-13(15)19)12-7-5-6-8-12/h10-12H,4-9H2,1-3H3,(H2,15,19)(H,16,18). The second-order valence-electron chi connectivity index (χ2n) is 5.57. The number of carbonyl (C=O) groups is 1. The summed E-state index contributed by atoms with van der Waals surface area (Å²) in [4.78, 5) is 14.9. The molecule has 1 aliphatic rings. The molecular formula is C14H27N3OS. The molecule has 0 heterocycles. The van der Waals surface area contributed by atoms with Crippen LogP contribution in [0.5, 0.6) is 0 Å². The molecule has 19 heavy (non-hydrogen) atoms. The van der Waals surface area contributed by atoms with Gasteiger partial charge >= 0.3 is 0 Å². The predicted octanol–water partition coefficient (Wildman–Crippen LogP) is 1.82. The fraction of sp³-hybridized carbons (Fsp3) is 0.857. The summed E-state index contributed by atoms with van der Waals surface area (Å²) in [6.07, 6.45) is 5.70. The van der Waals surface area contributed by atoms with Gasteiger partial charge in [-0.15, -0.1) is 0 Å². The third-order valence-electron chi connectivity index (χ3n) is 4.01. The Kier molecular flexibility index (Phi) is 6.72. The van der Waals surface area contributed by atoms with Crippen LogP contribution in [-0.4, -0.2) is 40.5 Å². The first-order valence-electron chi connectivity index (χ1n) is 7.30. The van der Waals surface area contributed by atoms with Crippen LogP contribution in [0.1, 0.15) is 52.9 Å². The summed E-state index contributed by atoms with van der Waals surface area (Å²) in [6.45, 7) is 6.58. The number of nitrogens with one attached hydrogen (secondary N) is 1. The molecule has 0 saturated heterocycles. The van der Waals surface area contributed by atoms with E-state index in [0.717, 1.165) is 19.3 Å². The van der Waals surface area contributed by atoms with E-state index in [0.29, 0.717) is 17.6 Å². The Bertz CT molecular complexity index is 316. The van der Waals surface area contributed by atoms with Gasteiger partial charge in [0.15, 0.2) is 0 Å². The number of hydrogen-bond acceptors (Lipinski definition) is 3. The molecule has 0 aromatic rings. The first-order chi connectivity index (χ1) is 8.95. The molecule has 0 aromatic carbocycles. The highest BCUT2D eigenvalue weighted by Gasteiger charge is 2.30. The minimum absolute atomic E-state index is 0.0810. The van der Waals surface area contributed by atoms with Gasteiger partial charge < -0.3 is 11.1 Å². The Balaban J connectivity index is 2.66. The van der Waals surface area contributed by atoms with Crippen molar-refractivity contribution in [2.75, 3.05) is 6.54 Å². The van der Waals surface area contributed by atoms with Gasteiger partial charge in [0.25, 0.3) is 0 Å². The van der Waals surface area contributed by atoms with Gasteiger partial charge in [-0.25, -0.2) is 0 Å². The Morgan fingerprint density at radius 2 is 2.00 bits per heavy atom. The topological polar surface area (TPSA) is 58.4 Å². The van der Waals surface area contributed by atoms with Gasteiger partial charge in [-0.3, -0.25) is 9.69 Å². The van der Waals surface area contributed by atoms with Crippen molar-refractivity contribution >= 4 is 23.1 Å². The van der Waals surface area contributed by atoms with Crippen LogP contribution in [0.2, 0.25) is 0 Å². The summed E-state index contributed by atoms with van der Waals surface area (Å²) in [5.74, 6) is 0.0810. The molecule has 1 rings (SSSR count). The van der Waals surface area contributed by atoms with E-state index in [9.17, 15) is 4.79 Å².